The molecule has 0 radical (unpaired) electrons. The van der Waals surface area contributed by atoms with E-state index in [9.17, 15) is 29.1 Å². The number of aliphatic hydroxyl groups excluding tert-OH is 1. The van der Waals surface area contributed by atoms with Gasteiger partial charge in [0.05, 0.1) is 24.0 Å². The molecule has 61 heavy (non-hydrogen) atoms. The number of fused-ring (bicyclic) bond motifs is 1. The SMILES string of the molecule is CC(C)(C)c1cnnn1[C@H]1C[C@@H](C(=O)NC(CCCCNC(=O)OCc2ccccc2)C(O)C(N)=O)N(C(=O)[C@@H](CC2CCCCC2)NC(=O)c2ccc3ccccc3c2)C1. The molecule has 5 atom stereocenters. The average molecular weight is 837 g/mol. The van der Waals surface area contributed by atoms with E-state index in [4.69, 9.17) is 10.5 Å². The zero-order valence-corrected chi connectivity index (χ0v) is 35.4. The lowest BCUT2D eigenvalue weighted by Gasteiger charge is -2.32. The van der Waals surface area contributed by atoms with Crippen molar-refractivity contribution in [2.45, 2.75) is 127 Å². The van der Waals surface area contributed by atoms with Gasteiger partial charge in [-0.25, -0.2) is 9.48 Å². The summed E-state index contributed by atoms with van der Waals surface area (Å²) in [5.74, 6) is -2.14. The van der Waals surface area contributed by atoms with Crippen LogP contribution in [-0.2, 0) is 31.1 Å². The molecule has 326 valence electrons. The Morgan fingerprint density at radius 3 is 2.36 bits per heavy atom. The predicted octanol–water partition coefficient (Wildman–Crippen LogP) is 5.07. The van der Waals surface area contributed by atoms with Gasteiger partial charge in [-0.15, -0.1) is 5.10 Å². The number of carbonyl (C=O) groups is 5. The number of rotatable bonds is 17. The molecule has 15 heteroatoms. The number of nitrogens with zero attached hydrogens (tertiary/aromatic N) is 4. The van der Waals surface area contributed by atoms with Crippen LogP contribution in [0.25, 0.3) is 10.8 Å². The molecular formula is C46H60N8O7. The number of alkyl carbamates (subject to hydrolysis) is 1. The van der Waals surface area contributed by atoms with Crippen molar-refractivity contribution in [3.63, 3.8) is 0 Å². The third-order valence-electron chi connectivity index (χ3n) is 11.9. The molecule has 1 aliphatic carbocycles. The maximum atomic E-state index is 15.0. The van der Waals surface area contributed by atoms with Gasteiger partial charge in [-0.3, -0.25) is 19.2 Å². The minimum Gasteiger partial charge on any atom is -0.445 e. The summed E-state index contributed by atoms with van der Waals surface area (Å²) in [7, 11) is 0. The molecule has 6 N–H and O–H groups in total. The van der Waals surface area contributed by atoms with Gasteiger partial charge in [0.15, 0.2) is 6.10 Å². The molecule has 2 fully saturated rings. The average Bonchev–Trinajstić information content (AvgIpc) is 3.94. The summed E-state index contributed by atoms with van der Waals surface area (Å²) in [6.07, 6.45) is 6.09. The van der Waals surface area contributed by atoms with Crippen molar-refractivity contribution in [3.8, 4) is 0 Å². The minimum atomic E-state index is -1.71. The number of primary amides is 1. The van der Waals surface area contributed by atoms with Crippen molar-refractivity contribution in [2.75, 3.05) is 13.1 Å². The van der Waals surface area contributed by atoms with Crippen LogP contribution in [0.2, 0.25) is 0 Å². The Labute approximate surface area is 357 Å². The van der Waals surface area contributed by atoms with Crippen LogP contribution < -0.4 is 21.7 Å². The second-order valence-corrected chi connectivity index (χ2v) is 17.5. The van der Waals surface area contributed by atoms with Crippen molar-refractivity contribution in [1.29, 1.82) is 0 Å². The highest BCUT2D eigenvalue weighted by Crippen LogP contribution is 2.34. The number of hydrogen-bond acceptors (Lipinski definition) is 9. The number of nitrogens with two attached hydrogens (primary N) is 1. The summed E-state index contributed by atoms with van der Waals surface area (Å²) in [4.78, 5) is 69.5. The summed E-state index contributed by atoms with van der Waals surface area (Å²) in [5.41, 5.74) is 7.31. The Hall–Kier alpha value is -5.83. The summed E-state index contributed by atoms with van der Waals surface area (Å²) < 4.78 is 7.04. The first-order valence-corrected chi connectivity index (χ1v) is 21.5. The van der Waals surface area contributed by atoms with E-state index in [-0.39, 0.29) is 49.8 Å². The fourth-order valence-electron chi connectivity index (χ4n) is 8.52. The molecule has 15 nitrogen and oxygen atoms in total. The molecule has 1 aromatic heterocycles. The first-order valence-electron chi connectivity index (χ1n) is 21.5. The lowest BCUT2D eigenvalue weighted by molar-refractivity contribution is -0.141. The lowest BCUT2D eigenvalue weighted by atomic mass is 9.84. The van der Waals surface area contributed by atoms with Crippen LogP contribution in [0.3, 0.4) is 0 Å². The number of likely N-dealkylation sites (tertiary alicyclic amines) is 1. The topological polar surface area (TPSA) is 211 Å². The molecule has 1 saturated carbocycles. The molecule has 3 aromatic carbocycles. The van der Waals surface area contributed by atoms with Crippen LogP contribution in [0.4, 0.5) is 4.79 Å². The first kappa shape index (κ1) is 44.7. The smallest absolute Gasteiger partial charge is 0.407 e. The summed E-state index contributed by atoms with van der Waals surface area (Å²) in [5, 5.41) is 30.0. The highest BCUT2D eigenvalue weighted by Gasteiger charge is 2.45. The highest BCUT2D eigenvalue weighted by molar-refractivity contribution is 6.01. The van der Waals surface area contributed by atoms with Gasteiger partial charge in [0.1, 0.15) is 18.7 Å². The Balaban J connectivity index is 1.19. The zero-order valence-electron chi connectivity index (χ0n) is 35.4. The molecule has 5 amide bonds. The predicted molar refractivity (Wildman–Crippen MR) is 230 cm³/mol. The monoisotopic (exact) mass is 836 g/mol. The van der Waals surface area contributed by atoms with Crippen molar-refractivity contribution in [2.24, 2.45) is 11.7 Å². The van der Waals surface area contributed by atoms with Gasteiger partial charge < -0.3 is 36.4 Å². The maximum Gasteiger partial charge on any atom is 0.407 e. The molecule has 0 spiro atoms. The zero-order chi connectivity index (χ0) is 43.5. The first-order chi connectivity index (χ1) is 29.3. The number of aliphatic hydroxyl groups is 1. The van der Waals surface area contributed by atoms with Crippen LogP contribution in [0.1, 0.15) is 113 Å². The summed E-state index contributed by atoms with van der Waals surface area (Å²) in [6.45, 7) is 6.60. The van der Waals surface area contributed by atoms with E-state index in [1.165, 1.54) is 4.90 Å². The van der Waals surface area contributed by atoms with Gasteiger partial charge in [-0.2, -0.15) is 0 Å². The van der Waals surface area contributed by atoms with Crippen LogP contribution in [0.15, 0.2) is 79.0 Å². The normalized spacial score (nSPS) is 18.5. The minimum absolute atomic E-state index is 0.117. The van der Waals surface area contributed by atoms with Gasteiger partial charge in [-0.1, -0.05) is 119 Å². The molecule has 4 aromatic rings. The van der Waals surface area contributed by atoms with Gasteiger partial charge in [0.2, 0.25) is 17.7 Å². The molecule has 6 rings (SSSR count). The molecule has 0 bridgehead atoms. The van der Waals surface area contributed by atoms with Crippen molar-refractivity contribution < 1.29 is 33.8 Å². The number of carbonyl (C=O) groups excluding carboxylic acids is 5. The summed E-state index contributed by atoms with van der Waals surface area (Å²) >= 11 is 0. The van der Waals surface area contributed by atoms with E-state index in [2.05, 4.69) is 26.3 Å². The lowest BCUT2D eigenvalue weighted by Crippen LogP contribution is -2.57. The number of hydrogen-bond donors (Lipinski definition) is 5. The molecule has 2 unspecified atom stereocenters. The largest absolute Gasteiger partial charge is 0.445 e. The summed E-state index contributed by atoms with van der Waals surface area (Å²) in [6, 6.07) is 19.0. The van der Waals surface area contributed by atoms with Gasteiger partial charge in [-0.05, 0) is 60.1 Å². The molecule has 2 aliphatic rings. The van der Waals surface area contributed by atoms with Gasteiger partial charge in [0, 0.05) is 30.5 Å². The van der Waals surface area contributed by atoms with Gasteiger partial charge >= 0.3 is 6.09 Å². The Morgan fingerprint density at radius 2 is 1.64 bits per heavy atom. The van der Waals surface area contributed by atoms with E-state index >= 15 is 0 Å². The Morgan fingerprint density at radius 1 is 0.918 bits per heavy atom. The van der Waals surface area contributed by atoms with Gasteiger partial charge in [0.25, 0.3) is 5.91 Å². The molecule has 2 heterocycles. The second kappa shape index (κ2) is 20.6. The van der Waals surface area contributed by atoms with Crippen LogP contribution in [0, 0.1) is 5.92 Å². The van der Waals surface area contributed by atoms with Crippen LogP contribution in [-0.4, -0.2) is 92.0 Å². The molecule has 1 saturated heterocycles. The highest BCUT2D eigenvalue weighted by atomic mass is 16.5. The maximum absolute atomic E-state index is 15.0. The number of amides is 5. The van der Waals surface area contributed by atoms with E-state index in [0.29, 0.717) is 24.8 Å². The molecule has 1 aliphatic heterocycles. The number of nitrogens with one attached hydrogen (secondary N) is 3. The van der Waals surface area contributed by atoms with E-state index in [1.54, 1.807) is 16.9 Å². The fourth-order valence-corrected chi connectivity index (χ4v) is 8.52. The number of aromatic nitrogens is 3. The van der Waals surface area contributed by atoms with Crippen LogP contribution in [0.5, 0.6) is 0 Å². The van der Waals surface area contributed by atoms with E-state index in [1.807, 2.05) is 87.5 Å². The number of unbranched alkanes of at least 4 members (excludes halogenated alkanes) is 1. The van der Waals surface area contributed by atoms with Crippen molar-refractivity contribution >= 4 is 40.5 Å². The quantitative estimate of drug-likeness (QED) is 0.0899. The molecular weight excluding hydrogens is 777 g/mol. The fraction of sp³-hybridized carbons (Fsp3) is 0.500. The Bertz CT molecular complexity index is 2130. The van der Waals surface area contributed by atoms with E-state index < -0.39 is 54.1 Å². The third kappa shape index (κ3) is 11.9. The Kier molecular flexibility index (Phi) is 15.1. The number of benzene rings is 3. The second-order valence-electron chi connectivity index (χ2n) is 17.5. The standard InChI is InChI=1S/C46H60N8O7/c1-46(2,3)39-27-49-52-54(39)35-26-38(43(58)50-36(40(55)41(47)56)20-12-13-23-48-45(60)61-29-31-16-8-5-9-17-31)53(28-35)44(59)37(24-30-14-6-4-7-15-30)51-42(57)34-22-21-32-18-10-11-19-33(32)25-34/h5,8-11,16-19,21-22,25,27,30,35-38,40,55H,4,6-7,12-15,20,23-24,26,28-29H2,1-3H3,(H2,47,56)(H,48,60)(H,50,58)(H,51,57)/t35-,36?,37+,38-,40?/m0/s1. The van der Waals surface area contributed by atoms with Crippen LogP contribution >= 0.6 is 0 Å². The number of ether oxygens (including phenoxy) is 1. The van der Waals surface area contributed by atoms with Crippen molar-refractivity contribution in [3.05, 3.63) is 95.8 Å². The van der Waals surface area contributed by atoms with E-state index in [0.717, 1.165) is 54.1 Å². The van der Waals surface area contributed by atoms with Crippen molar-refractivity contribution in [1.82, 2.24) is 35.8 Å². The third-order valence-corrected chi connectivity index (χ3v) is 11.9.